The van der Waals surface area contributed by atoms with E-state index in [1.807, 2.05) is 30.3 Å². The van der Waals surface area contributed by atoms with E-state index < -0.39 is 31.8 Å². The molecule has 4 rings (SSSR count). The number of sulfonamides is 1. The van der Waals surface area contributed by atoms with Gasteiger partial charge in [-0.25, -0.2) is 16.8 Å². The van der Waals surface area contributed by atoms with Gasteiger partial charge < -0.3 is 10.2 Å². The molecule has 0 radical (unpaired) electrons. The van der Waals surface area contributed by atoms with Gasteiger partial charge in [0.1, 0.15) is 4.91 Å². The Balaban J connectivity index is 1.70. The van der Waals surface area contributed by atoms with Crippen LogP contribution < -0.4 is 5.32 Å². The van der Waals surface area contributed by atoms with E-state index in [0.717, 1.165) is 17.3 Å². The highest BCUT2D eigenvalue weighted by atomic mass is 32.2. The molecule has 11 heteroatoms. The molecule has 0 bridgehead atoms. The van der Waals surface area contributed by atoms with E-state index in [9.17, 15) is 21.6 Å². The number of sulfone groups is 1. The molecule has 1 amide bonds. The summed E-state index contributed by atoms with van der Waals surface area (Å²) in [6, 6.07) is 8.77. The van der Waals surface area contributed by atoms with Crippen molar-refractivity contribution in [2.45, 2.75) is 12.5 Å². The van der Waals surface area contributed by atoms with Crippen LogP contribution >= 0.6 is 11.8 Å². The van der Waals surface area contributed by atoms with Gasteiger partial charge in [0.25, 0.3) is 15.9 Å². The van der Waals surface area contributed by atoms with Gasteiger partial charge in [-0.2, -0.15) is 0 Å². The smallest absolute Gasteiger partial charge is 0.260 e. The van der Waals surface area contributed by atoms with E-state index in [1.54, 1.807) is 4.90 Å². The lowest BCUT2D eigenvalue weighted by molar-refractivity contribution is -0.117. The van der Waals surface area contributed by atoms with Gasteiger partial charge in [-0.15, -0.1) is 4.40 Å². The molecular weight excluding hydrogens is 410 g/mol. The average molecular weight is 428 g/mol. The quantitative estimate of drug-likeness (QED) is 0.743. The van der Waals surface area contributed by atoms with Crippen molar-refractivity contribution in [1.82, 2.24) is 10.2 Å². The normalized spacial score (nSPS) is 25.9. The molecule has 0 aromatic heterocycles. The molecule has 0 unspecified atom stereocenters. The predicted octanol–water partition coefficient (Wildman–Crippen LogP) is 0.407. The molecule has 3 aliphatic heterocycles. The molecule has 0 saturated carbocycles. The van der Waals surface area contributed by atoms with Crippen molar-refractivity contribution in [2.75, 3.05) is 23.8 Å². The number of amides is 1. The van der Waals surface area contributed by atoms with Crippen LogP contribution in [0, 0.1) is 0 Å². The van der Waals surface area contributed by atoms with Crippen molar-refractivity contribution in [3.8, 4) is 0 Å². The van der Waals surface area contributed by atoms with Gasteiger partial charge in [-0.05, 0) is 23.7 Å². The highest BCUT2D eigenvalue weighted by Gasteiger charge is 2.39. The molecule has 0 spiro atoms. The molecule has 27 heavy (non-hydrogen) atoms. The molecule has 1 saturated heterocycles. The van der Waals surface area contributed by atoms with Gasteiger partial charge in [-0.1, -0.05) is 30.3 Å². The first-order valence-electron chi connectivity index (χ1n) is 8.33. The first-order chi connectivity index (χ1) is 12.7. The Morgan fingerprint density at radius 1 is 1.15 bits per heavy atom. The lowest BCUT2D eigenvalue weighted by Gasteiger charge is -2.25. The van der Waals surface area contributed by atoms with Crippen LogP contribution in [0.2, 0.25) is 0 Å². The topological polar surface area (TPSA) is 113 Å². The average Bonchev–Trinajstić information content (AvgIpc) is 3.14. The summed E-state index contributed by atoms with van der Waals surface area (Å²) < 4.78 is 50.8. The molecule has 8 nitrogen and oxygen atoms in total. The number of fused-ring (bicyclic) bond motifs is 1. The van der Waals surface area contributed by atoms with Crippen molar-refractivity contribution >= 4 is 48.4 Å². The summed E-state index contributed by atoms with van der Waals surface area (Å²) in [6.07, 6.45) is 0.381. The molecule has 3 heterocycles. The number of hydrogen-bond acceptors (Lipinski definition) is 7. The molecule has 0 aliphatic carbocycles. The van der Waals surface area contributed by atoms with Crippen molar-refractivity contribution in [3.05, 3.63) is 40.8 Å². The van der Waals surface area contributed by atoms with Crippen LogP contribution in [0.5, 0.6) is 0 Å². The van der Waals surface area contributed by atoms with E-state index in [-0.39, 0.29) is 29.0 Å². The molecule has 1 atom stereocenters. The van der Waals surface area contributed by atoms with Gasteiger partial charge in [0.05, 0.1) is 23.0 Å². The van der Waals surface area contributed by atoms with Gasteiger partial charge >= 0.3 is 0 Å². The highest BCUT2D eigenvalue weighted by Crippen LogP contribution is 2.41. The fourth-order valence-electron chi connectivity index (χ4n) is 3.26. The minimum absolute atomic E-state index is 0.0623. The van der Waals surface area contributed by atoms with E-state index in [2.05, 4.69) is 9.71 Å². The van der Waals surface area contributed by atoms with Crippen LogP contribution in [0.25, 0.3) is 5.70 Å². The van der Waals surface area contributed by atoms with Crippen LogP contribution in [0.1, 0.15) is 12.0 Å². The number of hydrogen-bond donors (Lipinski definition) is 1. The Hall–Kier alpha value is -1.85. The molecule has 1 N–H and O–H groups in total. The Labute approximate surface area is 161 Å². The van der Waals surface area contributed by atoms with Gasteiger partial charge in [0.2, 0.25) is 0 Å². The van der Waals surface area contributed by atoms with Crippen molar-refractivity contribution in [3.63, 3.8) is 0 Å². The third-order valence-corrected chi connectivity index (χ3v) is 8.63. The summed E-state index contributed by atoms with van der Waals surface area (Å²) in [5.74, 6) is -0.540. The zero-order valence-electron chi connectivity index (χ0n) is 14.2. The summed E-state index contributed by atoms with van der Waals surface area (Å²) in [7, 11) is -6.66. The van der Waals surface area contributed by atoms with Crippen molar-refractivity contribution in [1.29, 1.82) is 0 Å². The fraction of sp³-hybridized carbons (Fsp3) is 0.375. The summed E-state index contributed by atoms with van der Waals surface area (Å²) in [4.78, 5) is 15.0. The second-order valence-electron chi connectivity index (χ2n) is 6.53. The number of nitrogens with zero attached hydrogens (tertiary/aromatic N) is 2. The number of thioether (sulfide) groups is 1. The van der Waals surface area contributed by atoms with E-state index in [0.29, 0.717) is 17.0 Å². The maximum atomic E-state index is 12.9. The first kappa shape index (κ1) is 18.5. The lowest BCUT2D eigenvalue weighted by atomic mass is 10.1. The second kappa shape index (κ2) is 6.64. The molecule has 1 fully saturated rings. The zero-order chi connectivity index (χ0) is 19.2. The Morgan fingerprint density at radius 3 is 2.56 bits per heavy atom. The lowest BCUT2D eigenvalue weighted by Crippen LogP contribution is -2.36. The van der Waals surface area contributed by atoms with Crippen LogP contribution in [0.15, 0.2) is 39.6 Å². The summed E-state index contributed by atoms with van der Waals surface area (Å²) in [5.41, 5.74) is 1.38. The summed E-state index contributed by atoms with van der Waals surface area (Å²) in [5, 5.41) is 3.03. The largest absolute Gasteiger partial charge is 0.348 e. The van der Waals surface area contributed by atoms with Crippen LogP contribution in [0.4, 0.5) is 0 Å². The number of rotatable bonds is 3. The SMILES string of the molecule is O=C(N[C@@H]1CCS(=O)(=O)C1)C1=C(c2ccccc2)N2CCS(=O)(=O)N=C2S1. The first-order valence-corrected chi connectivity index (χ1v) is 12.6. The van der Waals surface area contributed by atoms with Crippen LogP contribution in [-0.4, -0.2) is 62.7 Å². The summed E-state index contributed by atoms with van der Waals surface area (Å²) >= 11 is 1.01. The third-order valence-electron chi connectivity index (χ3n) is 4.52. The molecule has 3 aliphatic rings. The van der Waals surface area contributed by atoms with Gasteiger partial charge in [0, 0.05) is 12.6 Å². The number of amidine groups is 1. The van der Waals surface area contributed by atoms with Crippen molar-refractivity contribution < 1.29 is 21.6 Å². The molecule has 144 valence electrons. The maximum absolute atomic E-state index is 12.9. The minimum Gasteiger partial charge on any atom is -0.348 e. The van der Waals surface area contributed by atoms with Gasteiger partial charge in [0.15, 0.2) is 15.0 Å². The predicted molar refractivity (Wildman–Crippen MR) is 104 cm³/mol. The number of nitrogens with one attached hydrogen (secondary N) is 1. The minimum atomic E-state index is -3.54. The van der Waals surface area contributed by atoms with Crippen LogP contribution in [0.3, 0.4) is 0 Å². The van der Waals surface area contributed by atoms with Gasteiger partial charge in [-0.3, -0.25) is 4.79 Å². The Bertz CT molecular complexity index is 1060. The highest BCUT2D eigenvalue weighted by molar-refractivity contribution is 8.19. The maximum Gasteiger partial charge on any atom is 0.260 e. The molecular formula is C16H17N3O5S3. The monoisotopic (exact) mass is 427 g/mol. The standard InChI is InChI=1S/C16H17N3O5S3/c20-15(17-12-6-8-26(21,22)10-12)14-13(11-4-2-1-3-5-11)19-7-9-27(23,24)18-16(19)25-14/h1-5,12H,6-10H2,(H,17,20)/t12-/m1/s1. The third kappa shape index (κ3) is 3.76. The second-order valence-corrected chi connectivity index (χ2v) is 11.5. The number of carbonyl (C=O) groups is 1. The molecule has 1 aromatic rings. The number of carbonyl (C=O) groups excluding carboxylic acids is 1. The molecule has 1 aromatic carbocycles. The fourth-order valence-corrected chi connectivity index (χ4v) is 7.21. The number of benzene rings is 1. The zero-order valence-corrected chi connectivity index (χ0v) is 16.6. The van der Waals surface area contributed by atoms with E-state index in [4.69, 9.17) is 0 Å². The summed E-state index contributed by atoms with van der Waals surface area (Å²) in [6.45, 7) is 0.215. The van der Waals surface area contributed by atoms with E-state index in [1.165, 1.54) is 0 Å². The van der Waals surface area contributed by atoms with E-state index >= 15 is 0 Å². The van der Waals surface area contributed by atoms with Crippen molar-refractivity contribution in [2.24, 2.45) is 4.40 Å². The Kier molecular flexibility index (Phi) is 4.55. The van der Waals surface area contributed by atoms with Crippen LogP contribution in [-0.2, 0) is 24.7 Å². The Morgan fingerprint density at radius 2 is 1.89 bits per heavy atom.